The summed E-state index contributed by atoms with van der Waals surface area (Å²) >= 11 is 0. The average Bonchev–Trinajstić information content (AvgIpc) is 2.28. The van der Waals surface area contributed by atoms with Crippen molar-refractivity contribution < 1.29 is 8.85 Å². The summed E-state index contributed by atoms with van der Waals surface area (Å²) in [6.45, 7) is 1.90. The molecule has 0 N–H and O–H groups in total. The van der Waals surface area contributed by atoms with E-state index < -0.39 is 9.28 Å². The lowest BCUT2D eigenvalue weighted by molar-refractivity contribution is 0.170. The first-order valence-corrected chi connectivity index (χ1v) is 5.98. The maximum Gasteiger partial charge on any atom is 0.388 e. The maximum atomic E-state index is 5.69. The zero-order chi connectivity index (χ0) is 7.52. The highest BCUT2D eigenvalue weighted by atomic mass is 28.3. The Morgan fingerprint density at radius 1 is 0.909 bits per heavy atom. The summed E-state index contributed by atoms with van der Waals surface area (Å²) in [5.74, 6) is 0. The van der Waals surface area contributed by atoms with E-state index >= 15 is 0 Å². The van der Waals surface area contributed by atoms with E-state index in [1.807, 2.05) is 0 Å². The average molecular weight is 171 g/mol. The SMILES string of the molecule is C1CCC2CCCO[Si]2OC1. The van der Waals surface area contributed by atoms with Gasteiger partial charge in [0.2, 0.25) is 0 Å². The van der Waals surface area contributed by atoms with E-state index in [1.54, 1.807) is 0 Å². The lowest BCUT2D eigenvalue weighted by Gasteiger charge is -2.26. The quantitative estimate of drug-likeness (QED) is 0.518. The van der Waals surface area contributed by atoms with Crippen molar-refractivity contribution in [1.82, 2.24) is 0 Å². The van der Waals surface area contributed by atoms with Crippen LogP contribution in [0.5, 0.6) is 0 Å². The number of fused-ring (bicyclic) bond motifs is 1. The molecule has 0 aromatic heterocycles. The Morgan fingerprint density at radius 2 is 1.64 bits per heavy atom. The minimum Gasteiger partial charge on any atom is -0.393 e. The van der Waals surface area contributed by atoms with Gasteiger partial charge in [-0.1, -0.05) is 6.42 Å². The highest BCUT2D eigenvalue weighted by molar-refractivity contribution is 6.46. The smallest absolute Gasteiger partial charge is 0.388 e. The van der Waals surface area contributed by atoms with Gasteiger partial charge in [0.25, 0.3) is 0 Å². The summed E-state index contributed by atoms with van der Waals surface area (Å²) in [7, 11) is -0.826. The molecule has 1 unspecified atom stereocenters. The molecule has 2 fully saturated rings. The van der Waals surface area contributed by atoms with Crippen LogP contribution in [0.4, 0.5) is 0 Å². The highest BCUT2D eigenvalue weighted by Gasteiger charge is 2.32. The molecule has 2 rings (SSSR count). The van der Waals surface area contributed by atoms with Gasteiger partial charge < -0.3 is 8.85 Å². The maximum absolute atomic E-state index is 5.69. The minimum atomic E-state index is -0.826. The van der Waals surface area contributed by atoms with E-state index in [0.29, 0.717) is 0 Å². The first kappa shape index (κ1) is 7.77. The lowest BCUT2D eigenvalue weighted by Crippen LogP contribution is -2.32. The molecule has 0 aromatic rings. The molecular weight excluding hydrogens is 156 g/mol. The summed E-state index contributed by atoms with van der Waals surface area (Å²) in [6.07, 6.45) is 6.56. The van der Waals surface area contributed by atoms with Crippen LogP contribution in [0.15, 0.2) is 0 Å². The van der Waals surface area contributed by atoms with E-state index in [0.717, 1.165) is 18.8 Å². The van der Waals surface area contributed by atoms with E-state index in [9.17, 15) is 0 Å². The van der Waals surface area contributed by atoms with Crippen molar-refractivity contribution in [2.45, 2.75) is 37.6 Å². The standard InChI is InChI=1S/C8H15O2Si/c1-2-6-9-11-8(4-1)5-3-7-10-11/h8H,1-7H2. The number of hydrogen-bond acceptors (Lipinski definition) is 2. The second kappa shape index (κ2) is 3.69. The molecule has 2 nitrogen and oxygen atoms in total. The molecule has 63 valence electrons. The second-order valence-electron chi connectivity index (χ2n) is 3.35. The minimum absolute atomic E-state index is 0.802. The van der Waals surface area contributed by atoms with Crippen LogP contribution in [0.3, 0.4) is 0 Å². The topological polar surface area (TPSA) is 18.5 Å². The first-order valence-electron chi connectivity index (χ1n) is 4.59. The van der Waals surface area contributed by atoms with E-state index in [-0.39, 0.29) is 0 Å². The van der Waals surface area contributed by atoms with Crippen LogP contribution >= 0.6 is 0 Å². The Morgan fingerprint density at radius 3 is 2.55 bits per heavy atom. The van der Waals surface area contributed by atoms with Gasteiger partial charge in [-0.05, 0) is 25.7 Å². The fourth-order valence-corrected chi connectivity index (χ4v) is 3.95. The van der Waals surface area contributed by atoms with Gasteiger partial charge >= 0.3 is 9.28 Å². The third-order valence-electron chi connectivity index (χ3n) is 2.47. The van der Waals surface area contributed by atoms with Gasteiger partial charge in [0.05, 0.1) is 0 Å². The van der Waals surface area contributed by atoms with Gasteiger partial charge in [-0.25, -0.2) is 0 Å². The molecule has 2 heterocycles. The van der Waals surface area contributed by atoms with Crippen LogP contribution in [0.2, 0.25) is 5.54 Å². The molecule has 0 aliphatic carbocycles. The molecule has 2 aliphatic rings. The summed E-state index contributed by atoms with van der Waals surface area (Å²) in [5.41, 5.74) is 0.802. The van der Waals surface area contributed by atoms with Crippen LogP contribution in [0.1, 0.15) is 32.1 Å². The third-order valence-corrected chi connectivity index (χ3v) is 4.69. The van der Waals surface area contributed by atoms with E-state index in [1.165, 1.54) is 32.1 Å². The summed E-state index contributed by atoms with van der Waals surface area (Å²) in [6, 6.07) is 0. The second-order valence-corrected chi connectivity index (χ2v) is 5.38. The summed E-state index contributed by atoms with van der Waals surface area (Å²) in [5, 5.41) is 0. The van der Waals surface area contributed by atoms with Crippen LogP contribution < -0.4 is 0 Å². The Kier molecular flexibility index (Phi) is 2.61. The zero-order valence-corrected chi connectivity index (χ0v) is 7.84. The van der Waals surface area contributed by atoms with Gasteiger partial charge in [-0.15, -0.1) is 0 Å². The molecule has 0 spiro atoms. The highest BCUT2D eigenvalue weighted by Crippen LogP contribution is 2.31. The number of rotatable bonds is 0. The Bertz CT molecular complexity index is 115. The third kappa shape index (κ3) is 1.83. The monoisotopic (exact) mass is 171 g/mol. The van der Waals surface area contributed by atoms with Crippen LogP contribution in [-0.4, -0.2) is 22.5 Å². The molecule has 0 saturated carbocycles. The van der Waals surface area contributed by atoms with Crippen LogP contribution in [0, 0.1) is 0 Å². The summed E-state index contributed by atoms with van der Waals surface area (Å²) in [4.78, 5) is 0. The fraction of sp³-hybridized carbons (Fsp3) is 1.00. The Hall–Kier alpha value is 0.137. The molecule has 1 atom stereocenters. The first-order chi connectivity index (χ1) is 5.47. The Labute approximate surface area is 69.7 Å². The Balaban J connectivity index is 1.93. The summed E-state index contributed by atoms with van der Waals surface area (Å²) < 4.78 is 11.3. The fourth-order valence-electron chi connectivity index (χ4n) is 1.83. The van der Waals surface area contributed by atoms with Crippen LogP contribution in [-0.2, 0) is 8.85 Å². The van der Waals surface area contributed by atoms with E-state index in [4.69, 9.17) is 8.85 Å². The number of hydrogen-bond donors (Lipinski definition) is 0. The van der Waals surface area contributed by atoms with Gasteiger partial charge in [-0.2, -0.15) is 0 Å². The van der Waals surface area contributed by atoms with Crippen LogP contribution in [0.25, 0.3) is 0 Å². The molecule has 11 heavy (non-hydrogen) atoms. The molecular formula is C8H15O2Si. The molecule has 2 aliphatic heterocycles. The lowest BCUT2D eigenvalue weighted by atomic mass is 10.1. The van der Waals surface area contributed by atoms with Crippen molar-refractivity contribution >= 4 is 9.28 Å². The van der Waals surface area contributed by atoms with Gasteiger partial charge in [0.1, 0.15) is 0 Å². The van der Waals surface area contributed by atoms with E-state index in [2.05, 4.69) is 0 Å². The molecule has 0 bridgehead atoms. The molecule has 3 heteroatoms. The van der Waals surface area contributed by atoms with Crippen molar-refractivity contribution in [3.05, 3.63) is 0 Å². The van der Waals surface area contributed by atoms with Gasteiger partial charge in [0, 0.05) is 18.8 Å². The zero-order valence-electron chi connectivity index (χ0n) is 6.84. The van der Waals surface area contributed by atoms with Crippen molar-refractivity contribution in [2.75, 3.05) is 13.2 Å². The normalized spacial score (nSPS) is 34.4. The largest absolute Gasteiger partial charge is 0.393 e. The molecule has 1 radical (unpaired) electrons. The van der Waals surface area contributed by atoms with Gasteiger partial charge in [-0.3, -0.25) is 0 Å². The molecule has 2 saturated heterocycles. The molecule has 0 aromatic carbocycles. The molecule has 0 amide bonds. The van der Waals surface area contributed by atoms with Gasteiger partial charge in [0.15, 0.2) is 0 Å². The van der Waals surface area contributed by atoms with Crippen molar-refractivity contribution in [3.63, 3.8) is 0 Å². The van der Waals surface area contributed by atoms with Crippen molar-refractivity contribution in [1.29, 1.82) is 0 Å². The predicted molar refractivity (Wildman–Crippen MR) is 44.5 cm³/mol. The predicted octanol–water partition coefficient (Wildman–Crippen LogP) is 1.86. The van der Waals surface area contributed by atoms with Crippen molar-refractivity contribution in [3.8, 4) is 0 Å². The van der Waals surface area contributed by atoms with Crippen molar-refractivity contribution in [2.24, 2.45) is 0 Å².